The second-order valence-corrected chi connectivity index (χ2v) is 6.75. The molecule has 2 aromatic rings. The van der Waals surface area contributed by atoms with Crippen molar-refractivity contribution in [1.82, 2.24) is 10.2 Å². The van der Waals surface area contributed by atoms with Gasteiger partial charge in [0.1, 0.15) is 5.75 Å². The number of para-hydroxylation sites is 1. The van der Waals surface area contributed by atoms with E-state index in [-0.39, 0.29) is 18.3 Å². The first kappa shape index (κ1) is 17.8. The molecule has 1 N–H and O–H groups in total. The minimum atomic E-state index is -0.0429. The summed E-state index contributed by atoms with van der Waals surface area (Å²) < 4.78 is 11.2. The normalized spacial score (nSPS) is 18.8. The van der Waals surface area contributed by atoms with Crippen LogP contribution in [0.15, 0.2) is 46.9 Å². The Kier molecular flexibility index (Phi) is 5.35. The Morgan fingerprint density at radius 3 is 2.52 bits per heavy atom. The van der Waals surface area contributed by atoms with Crippen molar-refractivity contribution >= 4 is 18.3 Å². The molecular weight excluding hydrogens is 340 g/mol. The first-order valence-electron chi connectivity index (χ1n) is 8.57. The molecular formula is C19H23ClN2O3. The van der Waals surface area contributed by atoms with Crippen LogP contribution in [-0.2, 0) is 0 Å². The molecule has 1 aromatic heterocycles. The number of hydrogen-bond donors (Lipinski definition) is 1. The summed E-state index contributed by atoms with van der Waals surface area (Å²) in [5.41, 5.74) is 0.404. The quantitative estimate of drug-likeness (QED) is 0.904. The monoisotopic (exact) mass is 362 g/mol. The smallest absolute Gasteiger partial charge is 0.290 e. The summed E-state index contributed by atoms with van der Waals surface area (Å²) in [5, 5.41) is 3.45. The Hall–Kier alpha value is -1.98. The molecule has 1 amide bonds. The maximum atomic E-state index is 12.6. The van der Waals surface area contributed by atoms with Gasteiger partial charge in [0.2, 0.25) is 0 Å². The van der Waals surface area contributed by atoms with Crippen LogP contribution in [0.5, 0.6) is 11.7 Å². The van der Waals surface area contributed by atoms with Crippen molar-refractivity contribution in [2.75, 3.05) is 26.2 Å². The van der Waals surface area contributed by atoms with Gasteiger partial charge < -0.3 is 19.4 Å². The number of amides is 1. The van der Waals surface area contributed by atoms with Crippen molar-refractivity contribution in [3.63, 3.8) is 0 Å². The molecule has 4 rings (SSSR count). The molecule has 0 unspecified atom stereocenters. The van der Waals surface area contributed by atoms with Gasteiger partial charge in [0.25, 0.3) is 11.9 Å². The lowest BCUT2D eigenvalue weighted by atomic mass is 9.78. The summed E-state index contributed by atoms with van der Waals surface area (Å²) in [7, 11) is 0. The Morgan fingerprint density at radius 1 is 1.08 bits per heavy atom. The number of carbonyl (C=O) groups is 1. The highest BCUT2D eigenvalue weighted by molar-refractivity contribution is 5.91. The summed E-state index contributed by atoms with van der Waals surface area (Å²) in [4.78, 5) is 14.5. The average molecular weight is 363 g/mol. The number of nitrogens with zero attached hydrogens (tertiary/aromatic N) is 1. The SMILES string of the molecule is Cl.O=C(c1ccc(Oc2ccccc2)o1)N1CCC2(CCNC2)CC1. The lowest BCUT2D eigenvalue weighted by Gasteiger charge is -2.38. The highest BCUT2D eigenvalue weighted by atomic mass is 35.5. The largest absolute Gasteiger partial charge is 0.426 e. The molecule has 0 saturated carbocycles. The van der Waals surface area contributed by atoms with Crippen LogP contribution in [0, 0.1) is 5.41 Å². The van der Waals surface area contributed by atoms with Crippen molar-refractivity contribution in [2.45, 2.75) is 19.3 Å². The predicted molar refractivity (Wildman–Crippen MR) is 97.5 cm³/mol. The number of hydrogen-bond acceptors (Lipinski definition) is 4. The standard InChI is InChI=1S/C19H22N2O3.ClH/c22-18(21-12-9-19(10-13-21)8-11-20-14-19)16-6-7-17(24-16)23-15-4-2-1-3-5-15;/h1-7,20H,8-14H2;1H. The third-order valence-corrected chi connectivity index (χ3v) is 5.20. The summed E-state index contributed by atoms with van der Waals surface area (Å²) in [6.07, 6.45) is 3.37. The third kappa shape index (κ3) is 3.83. The van der Waals surface area contributed by atoms with E-state index in [1.165, 1.54) is 6.42 Å². The van der Waals surface area contributed by atoms with Gasteiger partial charge in [-0.3, -0.25) is 4.79 Å². The molecule has 0 bridgehead atoms. The highest BCUT2D eigenvalue weighted by Gasteiger charge is 2.38. The molecule has 134 valence electrons. The number of rotatable bonds is 3. The van der Waals surface area contributed by atoms with Gasteiger partial charge in [-0.1, -0.05) is 18.2 Å². The third-order valence-electron chi connectivity index (χ3n) is 5.20. The number of furan rings is 1. The fraction of sp³-hybridized carbons (Fsp3) is 0.421. The first-order chi connectivity index (χ1) is 11.7. The van der Waals surface area contributed by atoms with E-state index < -0.39 is 0 Å². The van der Waals surface area contributed by atoms with Crippen molar-refractivity contribution in [3.05, 3.63) is 48.2 Å². The fourth-order valence-corrected chi connectivity index (χ4v) is 3.66. The maximum Gasteiger partial charge on any atom is 0.290 e. The van der Waals surface area contributed by atoms with Crippen LogP contribution in [0.1, 0.15) is 29.8 Å². The van der Waals surface area contributed by atoms with Crippen LogP contribution >= 0.6 is 12.4 Å². The fourth-order valence-electron chi connectivity index (χ4n) is 3.66. The Balaban J connectivity index is 0.00000182. The number of halogens is 1. The van der Waals surface area contributed by atoms with Crippen LogP contribution in [0.4, 0.5) is 0 Å². The number of piperidine rings is 1. The van der Waals surface area contributed by atoms with Gasteiger partial charge in [0.05, 0.1) is 0 Å². The predicted octanol–water partition coefficient (Wildman–Crippen LogP) is 3.71. The molecule has 5 nitrogen and oxygen atoms in total. The van der Waals surface area contributed by atoms with Gasteiger partial charge in [-0.05, 0) is 49.4 Å². The second kappa shape index (κ2) is 7.50. The van der Waals surface area contributed by atoms with Crippen LogP contribution in [0.25, 0.3) is 0 Å². The van der Waals surface area contributed by atoms with Crippen molar-refractivity contribution < 1.29 is 13.9 Å². The van der Waals surface area contributed by atoms with Crippen LogP contribution in [0.2, 0.25) is 0 Å². The van der Waals surface area contributed by atoms with E-state index in [0.29, 0.717) is 22.9 Å². The van der Waals surface area contributed by atoms with Gasteiger partial charge in [0.15, 0.2) is 5.76 Å². The molecule has 3 heterocycles. The topological polar surface area (TPSA) is 54.7 Å². The molecule has 25 heavy (non-hydrogen) atoms. The average Bonchev–Trinajstić information content (AvgIpc) is 3.26. The minimum absolute atomic E-state index is 0. The highest BCUT2D eigenvalue weighted by Crippen LogP contribution is 2.37. The molecule has 2 aliphatic heterocycles. The zero-order chi connectivity index (χ0) is 16.4. The number of ether oxygens (including phenoxy) is 1. The number of carbonyl (C=O) groups excluding carboxylic acids is 1. The van der Waals surface area contributed by atoms with E-state index in [1.54, 1.807) is 12.1 Å². The zero-order valence-corrected chi connectivity index (χ0v) is 14.9. The van der Waals surface area contributed by atoms with Crippen molar-refractivity contribution in [2.24, 2.45) is 5.41 Å². The Bertz CT molecular complexity index is 700. The van der Waals surface area contributed by atoms with E-state index in [9.17, 15) is 4.79 Å². The van der Waals surface area contributed by atoms with Gasteiger partial charge in [0, 0.05) is 25.7 Å². The molecule has 1 aromatic carbocycles. The molecule has 6 heteroatoms. The molecule has 0 aliphatic carbocycles. The van der Waals surface area contributed by atoms with Gasteiger partial charge in [-0.25, -0.2) is 0 Å². The van der Waals surface area contributed by atoms with Gasteiger partial charge in [-0.15, -0.1) is 12.4 Å². The number of likely N-dealkylation sites (tertiary alicyclic amines) is 1. The zero-order valence-electron chi connectivity index (χ0n) is 14.1. The summed E-state index contributed by atoms with van der Waals surface area (Å²) in [5.74, 6) is 1.35. The molecule has 2 fully saturated rings. The molecule has 2 saturated heterocycles. The van der Waals surface area contributed by atoms with E-state index in [2.05, 4.69) is 5.32 Å². The minimum Gasteiger partial charge on any atom is -0.426 e. The Morgan fingerprint density at radius 2 is 1.84 bits per heavy atom. The lowest BCUT2D eigenvalue weighted by molar-refractivity contribution is 0.0572. The van der Waals surface area contributed by atoms with Crippen LogP contribution in [0.3, 0.4) is 0 Å². The van der Waals surface area contributed by atoms with Gasteiger partial charge >= 0.3 is 0 Å². The summed E-state index contributed by atoms with van der Waals surface area (Å²) in [6.45, 7) is 3.79. The summed E-state index contributed by atoms with van der Waals surface area (Å²) >= 11 is 0. The van der Waals surface area contributed by atoms with E-state index >= 15 is 0 Å². The molecule has 2 aliphatic rings. The van der Waals surface area contributed by atoms with Gasteiger partial charge in [-0.2, -0.15) is 0 Å². The van der Waals surface area contributed by atoms with Crippen molar-refractivity contribution in [3.8, 4) is 11.7 Å². The second-order valence-electron chi connectivity index (χ2n) is 6.75. The maximum absolute atomic E-state index is 12.6. The Labute approximate surface area is 153 Å². The molecule has 0 radical (unpaired) electrons. The van der Waals surface area contributed by atoms with Crippen LogP contribution in [-0.4, -0.2) is 37.0 Å². The van der Waals surface area contributed by atoms with Crippen LogP contribution < -0.4 is 10.1 Å². The van der Waals surface area contributed by atoms with E-state index in [4.69, 9.17) is 9.15 Å². The number of benzene rings is 1. The van der Waals surface area contributed by atoms with Crippen molar-refractivity contribution in [1.29, 1.82) is 0 Å². The first-order valence-corrected chi connectivity index (χ1v) is 8.57. The number of nitrogens with one attached hydrogen (secondary N) is 1. The molecule has 1 spiro atoms. The van der Waals surface area contributed by atoms with E-state index in [0.717, 1.165) is 39.0 Å². The summed E-state index contributed by atoms with van der Waals surface area (Å²) in [6, 6.07) is 12.8. The molecule has 0 atom stereocenters. The van der Waals surface area contributed by atoms with E-state index in [1.807, 2.05) is 35.2 Å². The lowest BCUT2D eigenvalue weighted by Crippen LogP contribution is -2.43.